The van der Waals surface area contributed by atoms with E-state index in [0.29, 0.717) is 12.5 Å². The first kappa shape index (κ1) is 9.95. The van der Waals surface area contributed by atoms with E-state index in [2.05, 4.69) is 22.1 Å². The molecule has 1 aromatic heterocycles. The molecule has 0 radical (unpaired) electrons. The molecule has 0 amide bonds. The summed E-state index contributed by atoms with van der Waals surface area (Å²) in [7, 11) is 0. The Bertz CT molecular complexity index is 355. The predicted molar refractivity (Wildman–Crippen MR) is 57.2 cm³/mol. The lowest BCUT2D eigenvalue weighted by atomic mass is 10.4. The van der Waals surface area contributed by atoms with Gasteiger partial charge in [-0.05, 0) is 6.42 Å². The number of aliphatic imine (C=N–C) groups is 1. The zero-order chi connectivity index (χ0) is 10.7. The second-order valence-corrected chi connectivity index (χ2v) is 3.60. The van der Waals surface area contributed by atoms with Crippen molar-refractivity contribution in [3.63, 3.8) is 0 Å². The van der Waals surface area contributed by atoms with Gasteiger partial charge in [0.05, 0.1) is 6.54 Å². The molecule has 6 nitrogen and oxygen atoms in total. The molecule has 6 heteroatoms. The van der Waals surface area contributed by atoms with E-state index >= 15 is 0 Å². The SMILES string of the molecule is CCCN=C(N)N1CCn2cnnc2C1. The minimum absolute atomic E-state index is 0.617. The summed E-state index contributed by atoms with van der Waals surface area (Å²) in [6.07, 6.45) is 2.77. The standard InChI is InChI=1S/C9H16N6/c1-2-3-11-9(10)14-4-5-15-7-12-13-8(15)6-14/h7H,2-6H2,1H3,(H2,10,11). The monoisotopic (exact) mass is 208 g/mol. The van der Waals surface area contributed by atoms with Crippen molar-refractivity contribution >= 4 is 5.96 Å². The summed E-state index contributed by atoms with van der Waals surface area (Å²) < 4.78 is 2.05. The molecular weight excluding hydrogens is 192 g/mol. The van der Waals surface area contributed by atoms with Gasteiger partial charge in [0.25, 0.3) is 0 Å². The third-order valence-corrected chi connectivity index (χ3v) is 2.46. The third kappa shape index (κ3) is 2.08. The normalized spacial score (nSPS) is 16.6. The molecule has 0 bridgehead atoms. The second kappa shape index (κ2) is 4.29. The first-order valence-corrected chi connectivity index (χ1v) is 5.23. The summed E-state index contributed by atoms with van der Waals surface area (Å²) in [5, 5.41) is 7.90. The zero-order valence-electron chi connectivity index (χ0n) is 8.93. The molecule has 2 rings (SSSR count). The summed E-state index contributed by atoms with van der Waals surface area (Å²) in [4.78, 5) is 6.33. The van der Waals surface area contributed by atoms with E-state index in [-0.39, 0.29) is 0 Å². The van der Waals surface area contributed by atoms with Crippen LogP contribution in [0.1, 0.15) is 19.2 Å². The van der Waals surface area contributed by atoms with Crippen molar-refractivity contribution in [1.29, 1.82) is 0 Å². The molecule has 1 aliphatic rings. The molecule has 2 heterocycles. The maximum absolute atomic E-state index is 5.88. The van der Waals surface area contributed by atoms with Gasteiger partial charge in [0.1, 0.15) is 6.33 Å². The van der Waals surface area contributed by atoms with Gasteiger partial charge in [-0.15, -0.1) is 10.2 Å². The smallest absolute Gasteiger partial charge is 0.191 e. The topological polar surface area (TPSA) is 72.3 Å². The zero-order valence-corrected chi connectivity index (χ0v) is 8.93. The highest BCUT2D eigenvalue weighted by Gasteiger charge is 2.18. The van der Waals surface area contributed by atoms with Crippen molar-refractivity contribution in [2.75, 3.05) is 13.1 Å². The Kier molecular flexibility index (Phi) is 2.84. The molecule has 0 atom stereocenters. The lowest BCUT2D eigenvalue weighted by Crippen LogP contribution is -2.42. The summed E-state index contributed by atoms with van der Waals surface area (Å²) in [5.41, 5.74) is 5.88. The highest BCUT2D eigenvalue weighted by molar-refractivity contribution is 5.78. The highest BCUT2D eigenvalue weighted by atomic mass is 15.4. The molecule has 0 spiro atoms. The van der Waals surface area contributed by atoms with E-state index in [0.717, 1.165) is 31.9 Å². The Hall–Kier alpha value is -1.59. The van der Waals surface area contributed by atoms with Crippen LogP contribution in [-0.4, -0.2) is 38.7 Å². The molecule has 0 unspecified atom stereocenters. The van der Waals surface area contributed by atoms with Gasteiger partial charge >= 0.3 is 0 Å². The summed E-state index contributed by atoms with van der Waals surface area (Å²) in [6.45, 7) is 5.34. The average Bonchev–Trinajstić information content (AvgIpc) is 2.72. The maximum Gasteiger partial charge on any atom is 0.191 e. The number of guanidine groups is 1. The molecule has 0 saturated carbocycles. The van der Waals surface area contributed by atoms with Crippen molar-refractivity contribution in [2.45, 2.75) is 26.4 Å². The largest absolute Gasteiger partial charge is 0.370 e. The van der Waals surface area contributed by atoms with Crippen LogP contribution in [0.2, 0.25) is 0 Å². The van der Waals surface area contributed by atoms with Gasteiger partial charge in [-0.2, -0.15) is 0 Å². The van der Waals surface area contributed by atoms with E-state index in [9.17, 15) is 0 Å². The van der Waals surface area contributed by atoms with E-state index < -0.39 is 0 Å². The Morgan fingerprint density at radius 1 is 1.60 bits per heavy atom. The van der Waals surface area contributed by atoms with Gasteiger partial charge in [0.2, 0.25) is 0 Å². The quantitative estimate of drug-likeness (QED) is 0.540. The summed E-state index contributed by atoms with van der Waals surface area (Å²) in [5.74, 6) is 1.57. The Morgan fingerprint density at radius 2 is 2.47 bits per heavy atom. The van der Waals surface area contributed by atoms with Crippen LogP contribution in [0.5, 0.6) is 0 Å². The number of nitrogens with zero attached hydrogens (tertiary/aromatic N) is 5. The molecule has 0 fully saturated rings. The highest BCUT2D eigenvalue weighted by Crippen LogP contribution is 2.08. The van der Waals surface area contributed by atoms with E-state index in [1.165, 1.54) is 0 Å². The van der Waals surface area contributed by atoms with Gasteiger partial charge in [0.15, 0.2) is 11.8 Å². The molecule has 0 saturated heterocycles. The number of hydrogen-bond acceptors (Lipinski definition) is 3. The predicted octanol–water partition coefficient (Wildman–Crippen LogP) is -0.182. The van der Waals surface area contributed by atoms with E-state index in [1.54, 1.807) is 6.33 Å². The average molecular weight is 208 g/mol. The first-order chi connectivity index (χ1) is 7.31. The molecule has 2 N–H and O–H groups in total. The number of rotatable bonds is 2. The van der Waals surface area contributed by atoms with Crippen LogP contribution < -0.4 is 5.73 Å². The Balaban J connectivity index is 2.03. The lowest BCUT2D eigenvalue weighted by molar-refractivity contribution is 0.325. The van der Waals surface area contributed by atoms with E-state index in [1.807, 2.05) is 9.47 Å². The van der Waals surface area contributed by atoms with Crippen LogP contribution in [0.25, 0.3) is 0 Å². The number of fused-ring (bicyclic) bond motifs is 1. The Labute approximate surface area is 88.8 Å². The van der Waals surface area contributed by atoms with Crippen LogP contribution in [0.15, 0.2) is 11.3 Å². The van der Waals surface area contributed by atoms with Crippen molar-refractivity contribution in [3.05, 3.63) is 12.2 Å². The van der Waals surface area contributed by atoms with Crippen LogP contribution in [0.4, 0.5) is 0 Å². The number of nitrogens with two attached hydrogens (primary N) is 1. The van der Waals surface area contributed by atoms with Gasteiger partial charge in [-0.25, -0.2) is 0 Å². The van der Waals surface area contributed by atoms with Gasteiger partial charge in [-0.1, -0.05) is 6.92 Å². The fourth-order valence-electron chi connectivity index (χ4n) is 1.59. The van der Waals surface area contributed by atoms with Gasteiger partial charge < -0.3 is 15.2 Å². The molecule has 1 aliphatic heterocycles. The van der Waals surface area contributed by atoms with Crippen molar-refractivity contribution < 1.29 is 0 Å². The molecule has 0 aromatic carbocycles. The first-order valence-electron chi connectivity index (χ1n) is 5.23. The fourth-order valence-corrected chi connectivity index (χ4v) is 1.59. The van der Waals surface area contributed by atoms with Crippen LogP contribution in [0, 0.1) is 0 Å². The Morgan fingerprint density at radius 3 is 3.27 bits per heavy atom. The van der Waals surface area contributed by atoms with Crippen molar-refractivity contribution in [1.82, 2.24) is 19.7 Å². The summed E-state index contributed by atoms with van der Waals surface area (Å²) >= 11 is 0. The molecule has 1 aromatic rings. The molecular formula is C9H16N6. The van der Waals surface area contributed by atoms with Crippen LogP contribution >= 0.6 is 0 Å². The molecule has 15 heavy (non-hydrogen) atoms. The number of hydrogen-bond donors (Lipinski definition) is 1. The summed E-state index contributed by atoms with van der Waals surface area (Å²) in [6, 6.07) is 0. The van der Waals surface area contributed by atoms with Crippen molar-refractivity contribution in [2.24, 2.45) is 10.7 Å². The maximum atomic E-state index is 5.88. The van der Waals surface area contributed by atoms with Gasteiger partial charge in [0, 0.05) is 19.6 Å². The van der Waals surface area contributed by atoms with Gasteiger partial charge in [-0.3, -0.25) is 4.99 Å². The second-order valence-electron chi connectivity index (χ2n) is 3.60. The van der Waals surface area contributed by atoms with Crippen LogP contribution in [-0.2, 0) is 13.1 Å². The minimum atomic E-state index is 0.617. The molecule has 82 valence electrons. The fraction of sp³-hybridized carbons (Fsp3) is 0.667. The third-order valence-electron chi connectivity index (χ3n) is 2.46. The lowest BCUT2D eigenvalue weighted by Gasteiger charge is -2.27. The molecule has 0 aliphatic carbocycles. The number of aromatic nitrogens is 3. The minimum Gasteiger partial charge on any atom is -0.370 e. The van der Waals surface area contributed by atoms with Crippen LogP contribution in [0.3, 0.4) is 0 Å². The van der Waals surface area contributed by atoms with E-state index in [4.69, 9.17) is 5.73 Å². The van der Waals surface area contributed by atoms with Crippen molar-refractivity contribution in [3.8, 4) is 0 Å².